The number of fused-ring (bicyclic) bond motifs is 1. The summed E-state index contributed by atoms with van der Waals surface area (Å²) in [5.74, 6) is 0.629. The predicted octanol–water partition coefficient (Wildman–Crippen LogP) is 3.71. The van der Waals surface area contributed by atoms with E-state index in [9.17, 15) is 18.0 Å². The number of ether oxygens (including phenoxy) is 1. The molecule has 0 aliphatic carbocycles. The van der Waals surface area contributed by atoms with E-state index < -0.39 is 6.36 Å². The Kier molecular flexibility index (Phi) is 5.75. The van der Waals surface area contributed by atoms with Crippen molar-refractivity contribution >= 4 is 17.2 Å². The van der Waals surface area contributed by atoms with Gasteiger partial charge in [-0.3, -0.25) is 4.79 Å². The smallest absolute Gasteiger partial charge is 0.406 e. The molecule has 0 bridgehead atoms. The highest BCUT2D eigenvalue weighted by molar-refractivity contribution is 5.90. The molecule has 0 aliphatic heterocycles. The van der Waals surface area contributed by atoms with Crippen LogP contribution in [0.1, 0.15) is 29.2 Å². The van der Waals surface area contributed by atoms with E-state index >= 15 is 0 Å². The van der Waals surface area contributed by atoms with E-state index in [1.807, 2.05) is 13.8 Å². The number of aromatic nitrogens is 6. The number of hydrogen-bond donors (Lipinski definition) is 1. The lowest BCUT2D eigenvalue weighted by Crippen LogP contribution is -2.17. The molecule has 3 aromatic heterocycles. The molecule has 33 heavy (non-hydrogen) atoms. The van der Waals surface area contributed by atoms with E-state index in [1.165, 1.54) is 12.1 Å². The molecule has 4 rings (SSSR count). The molecular weight excluding hydrogens is 439 g/mol. The molecule has 172 valence electrons. The third-order valence-corrected chi connectivity index (χ3v) is 5.04. The zero-order valence-corrected chi connectivity index (χ0v) is 18.0. The van der Waals surface area contributed by atoms with Crippen molar-refractivity contribution in [2.75, 3.05) is 5.32 Å². The second-order valence-electron chi connectivity index (χ2n) is 7.39. The Hall–Kier alpha value is -3.96. The molecule has 0 saturated carbocycles. The number of anilines is 1. The van der Waals surface area contributed by atoms with Gasteiger partial charge in [0.15, 0.2) is 17.3 Å². The van der Waals surface area contributed by atoms with E-state index in [2.05, 4.69) is 30.4 Å². The van der Waals surface area contributed by atoms with Gasteiger partial charge in [0.1, 0.15) is 5.75 Å². The predicted molar refractivity (Wildman–Crippen MR) is 112 cm³/mol. The van der Waals surface area contributed by atoms with Gasteiger partial charge < -0.3 is 10.1 Å². The van der Waals surface area contributed by atoms with Gasteiger partial charge in [-0.1, -0.05) is 0 Å². The van der Waals surface area contributed by atoms with Gasteiger partial charge in [-0.15, -0.1) is 28.5 Å². The highest BCUT2D eigenvalue weighted by atomic mass is 19.4. The molecule has 0 fully saturated rings. The molecule has 4 aromatic rings. The average molecular weight is 459 g/mol. The minimum absolute atomic E-state index is 0.172. The van der Waals surface area contributed by atoms with Crippen LogP contribution >= 0.6 is 0 Å². The number of rotatable bonds is 6. The Morgan fingerprint density at radius 3 is 2.45 bits per heavy atom. The number of alkyl halides is 3. The van der Waals surface area contributed by atoms with Crippen LogP contribution in [0.5, 0.6) is 5.75 Å². The first-order chi connectivity index (χ1) is 15.6. The molecule has 1 aromatic carbocycles. The van der Waals surface area contributed by atoms with Crippen molar-refractivity contribution in [1.82, 2.24) is 29.6 Å². The third-order valence-electron chi connectivity index (χ3n) is 5.04. The quantitative estimate of drug-likeness (QED) is 0.472. The second kappa shape index (κ2) is 8.52. The lowest BCUT2D eigenvalue weighted by molar-refractivity contribution is -0.274. The molecular formula is C21H20F3N7O2. The number of carbonyl (C=O) groups excluding carboxylic acids is 1. The van der Waals surface area contributed by atoms with Crippen molar-refractivity contribution in [1.29, 1.82) is 0 Å². The Morgan fingerprint density at radius 1 is 1.03 bits per heavy atom. The Balaban J connectivity index is 1.42. The molecule has 0 aliphatic rings. The van der Waals surface area contributed by atoms with Crippen molar-refractivity contribution in [3.63, 3.8) is 0 Å². The minimum atomic E-state index is -4.76. The molecule has 1 amide bonds. The van der Waals surface area contributed by atoms with Gasteiger partial charge in [0.25, 0.3) is 0 Å². The molecule has 9 nitrogen and oxygen atoms in total. The maximum Gasteiger partial charge on any atom is 0.573 e. The first-order valence-corrected chi connectivity index (χ1v) is 10.0. The van der Waals surface area contributed by atoms with Crippen LogP contribution in [-0.4, -0.2) is 41.9 Å². The number of hydrogen-bond acceptors (Lipinski definition) is 6. The second-order valence-corrected chi connectivity index (χ2v) is 7.39. The van der Waals surface area contributed by atoms with Gasteiger partial charge in [-0.25, -0.2) is 4.68 Å². The molecule has 0 atom stereocenters. The Labute approximate surface area is 186 Å². The largest absolute Gasteiger partial charge is 0.573 e. The molecule has 0 saturated heterocycles. The summed E-state index contributed by atoms with van der Waals surface area (Å²) >= 11 is 0. The SMILES string of the molecule is Cc1nn(-c2ccc3nnc(C)n3n2)c(C)c1CCC(=O)Nc1ccc(OC(F)(F)F)cc1. The van der Waals surface area contributed by atoms with Crippen molar-refractivity contribution in [3.05, 3.63) is 59.2 Å². The summed E-state index contributed by atoms with van der Waals surface area (Å²) in [5, 5.41) is 19.8. The summed E-state index contributed by atoms with van der Waals surface area (Å²) < 4.78 is 43.9. The van der Waals surface area contributed by atoms with Crippen LogP contribution in [0.4, 0.5) is 18.9 Å². The van der Waals surface area contributed by atoms with Gasteiger partial charge in [0.2, 0.25) is 5.91 Å². The van der Waals surface area contributed by atoms with Crippen molar-refractivity contribution in [2.24, 2.45) is 0 Å². The van der Waals surface area contributed by atoms with Gasteiger partial charge in [-0.2, -0.15) is 9.61 Å². The number of amides is 1. The normalized spacial score (nSPS) is 11.7. The van der Waals surface area contributed by atoms with Crippen LogP contribution in [0, 0.1) is 20.8 Å². The number of halogens is 3. The van der Waals surface area contributed by atoms with Crippen LogP contribution < -0.4 is 10.1 Å². The summed E-state index contributed by atoms with van der Waals surface area (Å²) in [5.41, 5.74) is 3.55. The highest BCUT2D eigenvalue weighted by Gasteiger charge is 2.31. The van der Waals surface area contributed by atoms with E-state index in [0.717, 1.165) is 29.1 Å². The summed E-state index contributed by atoms with van der Waals surface area (Å²) in [6.45, 7) is 5.56. The van der Waals surface area contributed by atoms with Gasteiger partial charge in [0.05, 0.1) is 5.69 Å². The Bertz CT molecular complexity index is 1310. The number of carbonyl (C=O) groups is 1. The number of aryl methyl sites for hydroxylation is 2. The molecule has 0 radical (unpaired) electrons. The zero-order valence-electron chi connectivity index (χ0n) is 18.0. The van der Waals surface area contributed by atoms with Crippen LogP contribution in [-0.2, 0) is 11.2 Å². The summed E-state index contributed by atoms with van der Waals surface area (Å²) in [6.07, 6.45) is -4.15. The van der Waals surface area contributed by atoms with E-state index in [-0.39, 0.29) is 18.1 Å². The Morgan fingerprint density at radius 2 is 1.76 bits per heavy atom. The first kappa shape index (κ1) is 22.2. The maximum absolute atomic E-state index is 12.4. The molecule has 1 N–H and O–H groups in total. The minimum Gasteiger partial charge on any atom is -0.406 e. The number of benzene rings is 1. The molecule has 0 spiro atoms. The van der Waals surface area contributed by atoms with Crippen molar-refractivity contribution < 1.29 is 22.7 Å². The van der Waals surface area contributed by atoms with E-state index in [1.54, 1.807) is 28.3 Å². The zero-order chi connectivity index (χ0) is 23.8. The summed E-state index contributed by atoms with van der Waals surface area (Å²) in [4.78, 5) is 12.4. The fourth-order valence-corrected chi connectivity index (χ4v) is 3.46. The molecule has 12 heteroatoms. The molecule has 0 unspecified atom stereocenters. The van der Waals surface area contributed by atoms with Crippen LogP contribution in [0.2, 0.25) is 0 Å². The number of nitrogens with one attached hydrogen (secondary N) is 1. The molecule has 3 heterocycles. The highest BCUT2D eigenvalue weighted by Crippen LogP contribution is 2.24. The fraction of sp³-hybridized carbons (Fsp3) is 0.286. The van der Waals surface area contributed by atoms with Crippen LogP contribution in [0.15, 0.2) is 36.4 Å². The van der Waals surface area contributed by atoms with Crippen LogP contribution in [0.3, 0.4) is 0 Å². The maximum atomic E-state index is 12.4. The lowest BCUT2D eigenvalue weighted by atomic mass is 10.1. The monoisotopic (exact) mass is 459 g/mol. The van der Waals surface area contributed by atoms with Crippen molar-refractivity contribution in [2.45, 2.75) is 40.0 Å². The van der Waals surface area contributed by atoms with Crippen LogP contribution in [0.25, 0.3) is 11.5 Å². The number of nitrogens with zero attached hydrogens (tertiary/aromatic N) is 6. The van der Waals surface area contributed by atoms with E-state index in [0.29, 0.717) is 29.4 Å². The topological polar surface area (TPSA) is 99.2 Å². The lowest BCUT2D eigenvalue weighted by Gasteiger charge is -2.10. The fourth-order valence-electron chi connectivity index (χ4n) is 3.46. The van der Waals surface area contributed by atoms with Gasteiger partial charge in [-0.05, 0) is 69.2 Å². The van der Waals surface area contributed by atoms with Gasteiger partial charge in [0, 0.05) is 17.8 Å². The summed E-state index contributed by atoms with van der Waals surface area (Å²) in [6, 6.07) is 8.58. The van der Waals surface area contributed by atoms with Crippen molar-refractivity contribution in [3.8, 4) is 11.6 Å². The van der Waals surface area contributed by atoms with E-state index in [4.69, 9.17) is 0 Å². The van der Waals surface area contributed by atoms with Gasteiger partial charge >= 0.3 is 6.36 Å². The summed E-state index contributed by atoms with van der Waals surface area (Å²) in [7, 11) is 0. The first-order valence-electron chi connectivity index (χ1n) is 10.0. The average Bonchev–Trinajstić information content (AvgIpc) is 3.26. The standard InChI is InChI=1S/C21H20F3N7O2/c1-12-17(8-11-20(32)25-15-4-6-16(7-5-15)33-21(22,23)24)13(2)30(28-12)19-10-9-18-27-26-14(3)31(18)29-19/h4-7,9-10H,8,11H2,1-3H3,(H,25,32). The third kappa shape index (κ3) is 4.94.